The molecule has 0 bridgehead atoms. The van der Waals surface area contributed by atoms with Crippen LogP contribution in [0.5, 0.6) is 0 Å². The van der Waals surface area contributed by atoms with Gasteiger partial charge in [0, 0.05) is 23.7 Å². The second kappa shape index (κ2) is 7.84. The van der Waals surface area contributed by atoms with Crippen molar-refractivity contribution in [2.75, 3.05) is 18.6 Å². The maximum atomic E-state index is 12.9. The maximum Gasteiger partial charge on any atom is 0.255 e. The van der Waals surface area contributed by atoms with E-state index in [4.69, 9.17) is 0 Å². The molecule has 1 heterocycles. The first-order valence-electron chi connectivity index (χ1n) is 8.61. The molecule has 0 N–H and O–H groups in total. The number of rotatable bonds is 5. The first-order valence-corrected chi connectivity index (χ1v) is 11.3. The SMILES string of the molecule is Cc1ccc(CN(C)C(=O)c2ccccc2S[C@@H]2CCS(=O)(=O)C2)cc1. The molecular formula is C20H23NO3S2. The van der Waals surface area contributed by atoms with Crippen molar-refractivity contribution in [3.8, 4) is 0 Å². The fourth-order valence-corrected chi connectivity index (χ4v) is 6.65. The molecule has 0 radical (unpaired) electrons. The van der Waals surface area contributed by atoms with E-state index in [2.05, 4.69) is 0 Å². The highest BCUT2D eigenvalue weighted by atomic mass is 32.2. The normalized spacial score (nSPS) is 18.6. The van der Waals surface area contributed by atoms with Gasteiger partial charge in [-0.25, -0.2) is 8.42 Å². The van der Waals surface area contributed by atoms with E-state index in [9.17, 15) is 13.2 Å². The molecule has 1 atom stereocenters. The van der Waals surface area contributed by atoms with E-state index >= 15 is 0 Å². The number of thioether (sulfide) groups is 1. The first kappa shape index (κ1) is 19.0. The summed E-state index contributed by atoms with van der Waals surface area (Å²) in [5, 5.41) is 0.0244. The lowest BCUT2D eigenvalue weighted by molar-refractivity contribution is 0.0781. The fourth-order valence-electron chi connectivity index (χ4n) is 3.02. The molecule has 3 rings (SSSR count). The number of hydrogen-bond donors (Lipinski definition) is 0. The third-order valence-corrected chi connectivity index (χ3v) is 7.81. The van der Waals surface area contributed by atoms with Gasteiger partial charge in [-0.05, 0) is 31.0 Å². The quantitative estimate of drug-likeness (QED) is 0.785. The van der Waals surface area contributed by atoms with Crippen molar-refractivity contribution in [1.82, 2.24) is 4.90 Å². The Balaban J connectivity index is 1.73. The fraction of sp³-hybridized carbons (Fsp3) is 0.350. The minimum atomic E-state index is -2.93. The topological polar surface area (TPSA) is 54.5 Å². The van der Waals surface area contributed by atoms with Crippen LogP contribution in [0.4, 0.5) is 0 Å². The molecule has 0 aromatic heterocycles. The van der Waals surface area contributed by atoms with Gasteiger partial charge in [-0.1, -0.05) is 42.0 Å². The predicted octanol–water partition coefficient (Wildman–Crippen LogP) is 3.55. The Morgan fingerprint density at radius 2 is 1.85 bits per heavy atom. The third kappa shape index (κ3) is 4.68. The van der Waals surface area contributed by atoms with E-state index in [1.165, 1.54) is 17.3 Å². The molecule has 6 heteroatoms. The van der Waals surface area contributed by atoms with Crippen LogP contribution in [0.2, 0.25) is 0 Å². The largest absolute Gasteiger partial charge is 0.337 e. The van der Waals surface area contributed by atoms with E-state index in [1.54, 1.807) is 11.9 Å². The van der Waals surface area contributed by atoms with Crippen molar-refractivity contribution in [2.24, 2.45) is 0 Å². The van der Waals surface area contributed by atoms with Gasteiger partial charge in [0.25, 0.3) is 5.91 Å². The number of benzene rings is 2. The lowest BCUT2D eigenvalue weighted by Gasteiger charge is -2.20. The number of amides is 1. The molecule has 1 fully saturated rings. The summed E-state index contributed by atoms with van der Waals surface area (Å²) in [6, 6.07) is 15.6. The highest BCUT2D eigenvalue weighted by Crippen LogP contribution is 2.33. The number of aryl methyl sites for hydroxylation is 1. The summed E-state index contributed by atoms with van der Waals surface area (Å²) in [4.78, 5) is 15.5. The molecule has 0 saturated carbocycles. The molecule has 0 unspecified atom stereocenters. The van der Waals surface area contributed by atoms with Crippen LogP contribution in [0.3, 0.4) is 0 Å². The monoisotopic (exact) mass is 389 g/mol. The summed E-state index contributed by atoms with van der Waals surface area (Å²) in [7, 11) is -1.13. The van der Waals surface area contributed by atoms with Crippen LogP contribution in [-0.2, 0) is 16.4 Å². The van der Waals surface area contributed by atoms with Gasteiger partial charge in [0.15, 0.2) is 9.84 Å². The second-order valence-corrected chi connectivity index (χ2v) is 10.4. The zero-order valence-electron chi connectivity index (χ0n) is 15.0. The van der Waals surface area contributed by atoms with Crippen LogP contribution in [0.25, 0.3) is 0 Å². The molecular weight excluding hydrogens is 366 g/mol. The zero-order chi connectivity index (χ0) is 18.7. The van der Waals surface area contributed by atoms with Gasteiger partial charge < -0.3 is 4.90 Å². The highest BCUT2D eigenvalue weighted by molar-refractivity contribution is 8.02. The number of nitrogens with zero attached hydrogens (tertiary/aromatic N) is 1. The van der Waals surface area contributed by atoms with E-state index in [1.807, 2.05) is 55.5 Å². The Labute approximate surface area is 159 Å². The summed E-state index contributed by atoms with van der Waals surface area (Å²) < 4.78 is 23.4. The Kier molecular flexibility index (Phi) is 5.73. The van der Waals surface area contributed by atoms with Gasteiger partial charge in [-0.15, -0.1) is 11.8 Å². The summed E-state index contributed by atoms with van der Waals surface area (Å²) in [5.74, 6) is 0.391. The van der Waals surface area contributed by atoms with E-state index in [0.717, 1.165) is 10.5 Å². The number of carbonyl (C=O) groups excluding carboxylic acids is 1. The minimum Gasteiger partial charge on any atom is -0.337 e. The van der Waals surface area contributed by atoms with E-state index in [0.29, 0.717) is 18.5 Å². The van der Waals surface area contributed by atoms with Crippen LogP contribution >= 0.6 is 11.8 Å². The number of hydrogen-bond acceptors (Lipinski definition) is 4. The predicted molar refractivity (Wildman–Crippen MR) is 106 cm³/mol. The zero-order valence-corrected chi connectivity index (χ0v) is 16.6. The molecule has 0 spiro atoms. The first-order chi connectivity index (χ1) is 12.3. The van der Waals surface area contributed by atoms with E-state index < -0.39 is 9.84 Å². The summed E-state index contributed by atoms with van der Waals surface area (Å²) in [6.45, 7) is 2.57. The van der Waals surface area contributed by atoms with Crippen molar-refractivity contribution in [1.29, 1.82) is 0 Å². The summed E-state index contributed by atoms with van der Waals surface area (Å²) >= 11 is 1.51. The number of carbonyl (C=O) groups is 1. The Morgan fingerprint density at radius 3 is 2.50 bits per heavy atom. The van der Waals surface area contributed by atoms with Crippen LogP contribution in [0.1, 0.15) is 27.9 Å². The third-order valence-electron chi connectivity index (χ3n) is 4.49. The molecule has 1 amide bonds. The summed E-state index contributed by atoms with van der Waals surface area (Å²) in [6.07, 6.45) is 0.648. The molecule has 2 aromatic rings. The van der Waals surface area contributed by atoms with Gasteiger partial charge >= 0.3 is 0 Å². The Morgan fingerprint density at radius 1 is 1.15 bits per heavy atom. The van der Waals surface area contributed by atoms with Gasteiger partial charge in [-0.2, -0.15) is 0 Å². The maximum absolute atomic E-state index is 12.9. The Hall–Kier alpha value is -1.79. The van der Waals surface area contributed by atoms with Crippen molar-refractivity contribution in [2.45, 2.75) is 30.0 Å². The second-order valence-electron chi connectivity index (χ2n) is 6.79. The number of sulfone groups is 1. The molecule has 138 valence electrons. The molecule has 4 nitrogen and oxygen atoms in total. The van der Waals surface area contributed by atoms with Crippen molar-refractivity contribution in [3.05, 3.63) is 65.2 Å². The lowest BCUT2D eigenvalue weighted by Crippen LogP contribution is -2.26. The smallest absolute Gasteiger partial charge is 0.255 e. The molecule has 1 aliphatic rings. The molecule has 1 saturated heterocycles. The van der Waals surface area contributed by atoms with Gasteiger partial charge in [-0.3, -0.25) is 4.79 Å². The van der Waals surface area contributed by atoms with Gasteiger partial charge in [0.1, 0.15) is 0 Å². The highest BCUT2D eigenvalue weighted by Gasteiger charge is 2.29. The standard InChI is InChI=1S/C20H23NO3S2/c1-15-7-9-16(10-8-15)13-21(2)20(22)18-5-3-4-6-19(18)25-17-11-12-26(23,24)14-17/h3-10,17H,11-14H2,1-2H3/t17-/m1/s1. The van der Waals surface area contributed by atoms with Gasteiger partial charge in [0.2, 0.25) is 0 Å². The lowest BCUT2D eigenvalue weighted by atomic mass is 10.1. The molecule has 26 heavy (non-hydrogen) atoms. The minimum absolute atomic E-state index is 0.0244. The Bertz CT molecular complexity index is 892. The van der Waals surface area contributed by atoms with Crippen LogP contribution in [0, 0.1) is 6.92 Å². The van der Waals surface area contributed by atoms with Crippen LogP contribution in [-0.4, -0.2) is 43.0 Å². The van der Waals surface area contributed by atoms with Crippen LogP contribution in [0.15, 0.2) is 53.4 Å². The van der Waals surface area contributed by atoms with Crippen molar-refractivity contribution in [3.63, 3.8) is 0 Å². The summed E-state index contributed by atoms with van der Waals surface area (Å²) in [5.41, 5.74) is 2.91. The van der Waals surface area contributed by atoms with Crippen LogP contribution < -0.4 is 0 Å². The average Bonchev–Trinajstić information content (AvgIpc) is 2.95. The molecule has 0 aliphatic carbocycles. The van der Waals surface area contributed by atoms with Crippen molar-refractivity contribution < 1.29 is 13.2 Å². The molecule has 2 aromatic carbocycles. The molecule has 1 aliphatic heterocycles. The van der Waals surface area contributed by atoms with E-state index in [-0.39, 0.29) is 22.7 Å². The van der Waals surface area contributed by atoms with Crippen molar-refractivity contribution >= 4 is 27.5 Å². The average molecular weight is 390 g/mol. The van der Waals surface area contributed by atoms with Gasteiger partial charge in [0.05, 0.1) is 17.1 Å².